The van der Waals surface area contributed by atoms with Crippen molar-refractivity contribution < 1.29 is 13.6 Å². The first-order valence-corrected chi connectivity index (χ1v) is 6.60. The Morgan fingerprint density at radius 3 is 3.00 bits per heavy atom. The summed E-state index contributed by atoms with van der Waals surface area (Å²) in [6, 6.07) is 9.30. The van der Waals surface area contributed by atoms with Crippen molar-refractivity contribution in [2.75, 3.05) is 11.9 Å². The number of likely N-dealkylation sites (tertiary alicyclic amines) is 1. The van der Waals surface area contributed by atoms with Crippen LogP contribution in [-0.4, -0.2) is 17.5 Å². The molecule has 0 saturated carbocycles. The van der Waals surface area contributed by atoms with Crippen LogP contribution < -0.4 is 5.32 Å². The van der Waals surface area contributed by atoms with Gasteiger partial charge in [0.2, 0.25) is 0 Å². The molecule has 0 aliphatic carbocycles. The number of hydrogen-bond donors (Lipinski definition) is 1. The van der Waals surface area contributed by atoms with Gasteiger partial charge in [0.25, 0.3) is 0 Å². The van der Waals surface area contributed by atoms with Crippen LogP contribution in [-0.2, 0) is 0 Å². The second-order valence-electron chi connectivity index (χ2n) is 4.81. The van der Waals surface area contributed by atoms with Gasteiger partial charge in [0.15, 0.2) is 0 Å². The third-order valence-electron chi connectivity index (χ3n) is 3.46. The fraction of sp³-hybridized carbons (Fsp3) is 0.267. The fourth-order valence-corrected chi connectivity index (χ4v) is 2.55. The number of halogens is 1. The van der Waals surface area contributed by atoms with Crippen LogP contribution in [0, 0.1) is 5.82 Å². The molecular formula is C15H15FN2O2. The van der Waals surface area contributed by atoms with E-state index in [0.717, 1.165) is 18.6 Å². The van der Waals surface area contributed by atoms with Crippen molar-refractivity contribution in [1.29, 1.82) is 0 Å². The predicted molar refractivity (Wildman–Crippen MR) is 72.8 cm³/mol. The molecule has 3 rings (SSSR count). The average molecular weight is 274 g/mol. The Balaban J connectivity index is 1.73. The lowest BCUT2D eigenvalue weighted by molar-refractivity contribution is 0.200. The van der Waals surface area contributed by atoms with Crippen LogP contribution in [0.2, 0.25) is 0 Å². The Kier molecular flexibility index (Phi) is 3.41. The number of urea groups is 1. The molecular weight excluding hydrogens is 259 g/mol. The third-order valence-corrected chi connectivity index (χ3v) is 3.46. The zero-order chi connectivity index (χ0) is 13.9. The summed E-state index contributed by atoms with van der Waals surface area (Å²) < 4.78 is 18.5. The number of anilines is 1. The maximum atomic E-state index is 13.1. The summed E-state index contributed by atoms with van der Waals surface area (Å²) in [6.07, 6.45) is 3.42. The first-order valence-electron chi connectivity index (χ1n) is 6.60. The predicted octanol–water partition coefficient (Wildman–Crippen LogP) is 3.79. The summed E-state index contributed by atoms with van der Waals surface area (Å²) in [5.74, 6) is 0.420. The first-order chi connectivity index (χ1) is 9.74. The Hall–Kier alpha value is -2.30. The molecule has 1 atom stereocenters. The second kappa shape index (κ2) is 5.36. The van der Waals surface area contributed by atoms with Crippen molar-refractivity contribution in [1.82, 2.24) is 4.90 Å². The Labute approximate surface area is 116 Å². The minimum Gasteiger partial charge on any atom is -0.467 e. The van der Waals surface area contributed by atoms with E-state index in [2.05, 4.69) is 5.32 Å². The van der Waals surface area contributed by atoms with E-state index in [1.165, 1.54) is 12.1 Å². The number of furan rings is 1. The van der Waals surface area contributed by atoms with Gasteiger partial charge in [-0.05, 0) is 43.2 Å². The second-order valence-corrected chi connectivity index (χ2v) is 4.81. The number of hydrogen-bond acceptors (Lipinski definition) is 2. The van der Waals surface area contributed by atoms with E-state index in [0.29, 0.717) is 12.2 Å². The molecule has 0 spiro atoms. The average Bonchev–Trinajstić information content (AvgIpc) is 3.09. The highest BCUT2D eigenvalue weighted by Gasteiger charge is 2.31. The maximum Gasteiger partial charge on any atom is 0.322 e. The van der Waals surface area contributed by atoms with Crippen molar-refractivity contribution in [2.45, 2.75) is 18.9 Å². The largest absolute Gasteiger partial charge is 0.467 e. The minimum absolute atomic E-state index is 0.0430. The van der Waals surface area contributed by atoms with Crippen LogP contribution in [0.4, 0.5) is 14.9 Å². The number of amides is 2. The van der Waals surface area contributed by atoms with Gasteiger partial charge in [-0.25, -0.2) is 9.18 Å². The molecule has 4 nitrogen and oxygen atoms in total. The van der Waals surface area contributed by atoms with E-state index in [4.69, 9.17) is 4.42 Å². The van der Waals surface area contributed by atoms with E-state index in [-0.39, 0.29) is 17.9 Å². The Morgan fingerprint density at radius 1 is 1.35 bits per heavy atom. The topological polar surface area (TPSA) is 45.5 Å². The SMILES string of the molecule is O=C(Nc1cccc(F)c1)N1CCC[C@H]1c1ccco1. The highest BCUT2D eigenvalue weighted by molar-refractivity contribution is 5.89. The van der Waals surface area contributed by atoms with Gasteiger partial charge in [-0.15, -0.1) is 0 Å². The van der Waals surface area contributed by atoms with Crippen LogP contribution in [0.15, 0.2) is 47.1 Å². The van der Waals surface area contributed by atoms with Crippen LogP contribution in [0.5, 0.6) is 0 Å². The molecule has 5 heteroatoms. The molecule has 0 radical (unpaired) electrons. The zero-order valence-corrected chi connectivity index (χ0v) is 10.9. The maximum absolute atomic E-state index is 13.1. The number of rotatable bonds is 2. The first kappa shape index (κ1) is 12.7. The van der Waals surface area contributed by atoms with Gasteiger partial charge in [0, 0.05) is 12.2 Å². The third kappa shape index (κ3) is 2.52. The van der Waals surface area contributed by atoms with Gasteiger partial charge in [0.1, 0.15) is 11.6 Å². The number of carbonyl (C=O) groups is 1. The van der Waals surface area contributed by atoms with Gasteiger partial charge in [0.05, 0.1) is 12.3 Å². The lowest BCUT2D eigenvalue weighted by atomic mass is 10.2. The molecule has 1 aromatic carbocycles. The quantitative estimate of drug-likeness (QED) is 0.905. The van der Waals surface area contributed by atoms with E-state index >= 15 is 0 Å². The van der Waals surface area contributed by atoms with Crippen molar-refractivity contribution in [3.8, 4) is 0 Å². The number of nitrogens with zero attached hydrogens (tertiary/aromatic N) is 1. The molecule has 1 aliphatic heterocycles. The molecule has 1 aromatic heterocycles. The molecule has 0 bridgehead atoms. The molecule has 2 heterocycles. The summed E-state index contributed by atoms with van der Waals surface area (Å²) >= 11 is 0. The Bertz CT molecular complexity index is 598. The van der Waals surface area contributed by atoms with Crippen molar-refractivity contribution in [2.24, 2.45) is 0 Å². The highest BCUT2D eigenvalue weighted by Crippen LogP contribution is 2.32. The van der Waals surface area contributed by atoms with Crippen LogP contribution in [0.1, 0.15) is 24.6 Å². The smallest absolute Gasteiger partial charge is 0.322 e. The summed E-state index contributed by atoms with van der Waals surface area (Å²) in [5.41, 5.74) is 0.458. The summed E-state index contributed by atoms with van der Waals surface area (Å²) in [4.78, 5) is 14.0. The highest BCUT2D eigenvalue weighted by atomic mass is 19.1. The van der Waals surface area contributed by atoms with E-state index in [9.17, 15) is 9.18 Å². The molecule has 2 aromatic rings. The minimum atomic E-state index is -0.369. The number of carbonyl (C=O) groups excluding carboxylic acids is 1. The van der Waals surface area contributed by atoms with Crippen LogP contribution in [0.3, 0.4) is 0 Å². The Morgan fingerprint density at radius 2 is 2.25 bits per heavy atom. The molecule has 0 unspecified atom stereocenters. The summed E-state index contributed by atoms with van der Waals surface area (Å²) in [7, 11) is 0. The monoisotopic (exact) mass is 274 g/mol. The standard InChI is InChI=1S/C15H15FN2O2/c16-11-4-1-5-12(10-11)17-15(19)18-8-2-6-13(18)14-7-3-9-20-14/h1,3-5,7,9-10,13H,2,6,8H2,(H,17,19)/t13-/m0/s1. The van der Waals surface area contributed by atoms with E-state index in [1.807, 2.05) is 12.1 Å². The van der Waals surface area contributed by atoms with Crippen LogP contribution >= 0.6 is 0 Å². The summed E-state index contributed by atoms with van der Waals surface area (Å²) in [6.45, 7) is 0.673. The lowest BCUT2D eigenvalue weighted by Gasteiger charge is -2.23. The lowest BCUT2D eigenvalue weighted by Crippen LogP contribution is -2.34. The van der Waals surface area contributed by atoms with Gasteiger partial charge in [-0.1, -0.05) is 6.07 Å². The van der Waals surface area contributed by atoms with Crippen molar-refractivity contribution in [3.63, 3.8) is 0 Å². The number of benzene rings is 1. The van der Waals surface area contributed by atoms with Crippen LogP contribution in [0.25, 0.3) is 0 Å². The van der Waals surface area contributed by atoms with Crippen molar-refractivity contribution >= 4 is 11.7 Å². The molecule has 1 fully saturated rings. The van der Waals surface area contributed by atoms with Gasteiger partial charge in [-0.3, -0.25) is 0 Å². The molecule has 20 heavy (non-hydrogen) atoms. The van der Waals surface area contributed by atoms with Gasteiger partial charge in [-0.2, -0.15) is 0 Å². The van der Waals surface area contributed by atoms with E-state index < -0.39 is 0 Å². The molecule has 1 N–H and O–H groups in total. The summed E-state index contributed by atoms with van der Waals surface area (Å²) in [5, 5.41) is 2.72. The molecule has 2 amide bonds. The fourth-order valence-electron chi connectivity index (χ4n) is 2.55. The van der Waals surface area contributed by atoms with Crippen molar-refractivity contribution in [3.05, 3.63) is 54.2 Å². The van der Waals surface area contributed by atoms with E-state index in [1.54, 1.807) is 23.3 Å². The number of nitrogens with one attached hydrogen (secondary N) is 1. The van der Waals surface area contributed by atoms with Gasteiger partial charge >= 0.3 is 6.03 Å². The normalized spacial score (nSPS) is 18.2. The molecule has 1 saturated heterocycles. The van der Waals surface area contributed by atoms with Gasteiger partial charge < -0.3 is 14.6 Å². The zero-order valence-electron chi connectivity index (χ0n) is 10.9. The molecule has 104 valence electrons. The molecule has 1 aliphatic rings.